The number of methoxy groups -OCH3 is 2. The van der Waals surface area contributed by atoms with E-state index in [4.69, 9.17) is 15.2 Å². The van der Waals surface area contributed by atoms with Gasteiger partial charge in [0.1, 0.15) is 0 Å². The molecule has 1 aromatic rings. The third-order valence-electron chi connectivity index (χ3n) is 2.70. The van der Waals surface area contributed by atoms with Crippen LogP contribution in [0.25, 0.3) is 0 Å². The van der Waals surface area contributed by atoms with Gasteiger partial charge in [0.25, 0.3) is 0 Å². The molecule has 1 atom stereocenters. The molecule has 106 valence electrons. The normalized spacial score (nSPS) is 11.9. The molecule has 6 nitrogen and oxygen atoms in total. The van der Waals surface area contributed by atoms with Crippen LogP contribution in [0.15, 0.2) is 12.1 Å². The average molecular weight is 268 g/mol. The molecule has 0 aliphatic heterocycles. The Morgan fingerprint density at radius 3 is 2.32 bits per heavy atom. The Kier molecular flexibility index (Phi) is 5.44. The zero-order chi connectivity index (χ0) is 14.4. The lowest BCUT2D eigenvalue weighted by Gasteiger charge is -2.14. The zero-order valence-electron chi connectivity index (χ0n) is 11.4. The summed E-state index contributed by atoms with van der Waals surface area (Å²) in [4.78, 5) is 10.8. The van der Waals surface area contributed by atoms with E-state index in [1.54, 1.807) is 12.1 Å². The summed E-state index contributed by atoms with van der Waals surface area (Å²) in [5.41, 5.74) is 6.00. The van der Waals surface area contributed by atoms with Crippen LogP contribution in [-0.2, 0) is 11.3 Å². The fourth-order valence-corrected chi connectivity index (χ4v) is 1.72. The van der Waals surface area contributed by atoms with E-state index in [-0.39, 0.29) is 24.1 Å². The van der Waals surface area contributed by atoms with Crippen molar-refractivity contribution in [3.05, 3.63) is 17.7 Å². The lowest BCUT2D eigenvalue weighted by molar-refractivity contribution is -0.118. The van der Waals surface area contributed by atoms with Gasteiger partial charge in [0.15, 0.2) is 11.5 Å². The molecule has 0 heterocycles. The molecule has 0 saturated carbocycles. The molecule has 0 aliphatic rings. The van der Waals surface area contributed by atoms with Gasteiger partial charge in [-0.1, -0.05) is 0 Å². The van der Waals surface area contributed by atoms with E-state index in [2.05, 4.69) is 5.32 Å². The molecule has 0 saturated heterocycles. The van der Waals surface area contributed by atoms with Crippen LogP contribution in [0.4, 0.5) is 0 Å². The second-order valence-electron chi connectivity index (χ2n) is 4.30. The van der Waals surface area contributed by atoms with Crippen LogP contribution in [0.1, 0.15) is 18.9 Å². The maximum atomic E-state index is 10.8. The topological polar surface area (TPSA) is 93.8 Å². The summed E-state index contributed by atoms with van der Waals surface area (Å²) >= 11 is 0. The van der Waals surface area contributed by atoms with E-state index in [0.717, 1.165) is 5.56 Å². The summed E-state index contributed by atoms with van der Waals surface area (Å²) < 4.78 is 10.1. The zero-order valence-corrected chi connectivity index (χ0v) is 11.4. The Hall–Kier alpha value is -1.95. The molecule has 0 aromatic heterocycles. The lowest BCUT2D eigenvalue weighted by atomic mass is 10.1. The molecule has 0 fully saturated rings. The van der Waals surface area contributed by atoms with Gasteiger partial charge in [0.2, 0.25) is 11.7 Å². The highest BCUT2D eigenvalue weighted by Gasteiger charge is 2.12. The van der Waals surface area contributed by atoms with Crippen molar-refractivity contribution in [1.29, 1.82) is 0 Å². The number of nitrogens with one attached hydrogen (secondary N) is 1. The molecule has 1 aromatic carbocycles. The number of benzene rings is 1. The van der Waals surface area contributed by atoms with Gasteiger partial charge in [0.05, 0.1) is 14.2 Å². The number of carbonyl (C=O) groups is 1. The molecule has 6 heteroatoms. The summed E-state index contributed by atoms with van der Waals surface area (Å²) in [6.45, 7) is 2.39. The van der Waals surface area contributed by atoms with Crippen LogP contribution < -0.4 is 20.5 Å². The van der Waals surface area contributed by atoms with Crippen LogP contribution in [0, 0.1) is 0 Å². The average Bonchev–Trinajstić information content (AvgIpc) is 2.36. The first kappa shape index (κ1) is 15.1. The van der Waals surface area contributed by atoms with Crippen molar-refractivity contribution in [2.45, 2.75) is 25.9 Å². The molecule has 1 unspecified atom stereocenters. The third kappa shape index (κ3) is 4.33. The van der Waals surface area contributed by atoms with E-state index < -0.39 is 0 Å². The number of phenols is 1. The van der Waals surface area contributed by atoms with E-state index in [1.165, 1.54) is 14.2 Å². The van der Waals surface area contributed by atoms with Gasteiger partial charge < -0.3 is 25.6 Å². The van der Waals surface area contributed by atoms with Gasteiger partial charge in [-0.2, -0.15) is 0 Å². The van der Waals surface area contributed by atoms with Gasteiger partial charge in [-0.05, 0) is 24.6 Å². The van der Waals surface area contributed by atoms with Crippen LogP contribution in [-0.4, -0.2) is 31.3 Å². The Bertz CT molecular complexity index is 423. The van der Waals surface area contributed by atoms with Crippen molar-refractivity contribution in [1.82, 2.24) is 5.32 Å². The number of hydrogen-bond donors (Lipinski definition) is 3. The highest BCUT2D eigenvalue weighted by atomic mass is 16.5. The highest BCUT2D eigenvalue weighted by Crippen LogP contribution is 2.36. The van der Waals surface area contributed by atoms with Gasteiger partial charge in [-0.15, -0.1) is 0 Å². The number of amides is 1. The quantitative estimate of drug-likeness (QED) is 0.679. The summed E-state index contributed by atoms with van der Waals surface area (Å²) in [6.07, 6.45) is 0.270. The maximum Gasteiger partial charge on any atom is 0.218 e. The molecule has 0 aliphatic carbocycles. The van der Waals surface area contributed by atoms with Gasteiger partial charge in [-0.25, -0.2) is 0 Å². The molecule has 0 radical (unpaired) electrons. The Morgan fingerprint density at radius 2 is 1.89 bits per heavy atom. The van der Waals surface area contributed by atoms with Crippen LogP contribution in [0.2, 0.25) is 0 Å². The van der Waals surface area contributed by atoms with Gasteiger partial charge >= 0.3 is 0 Å². The standard InChI is InChI=1S/C13H20N2O4/c1-8(4-12(14)16)15-7-9-5-10(18-2)13(17)11(6-9)19-3/h5-6,8,15,17H,4,7H2,1-3H3,(H2,14,16). The molecule has 4 N–H and O–H groups in total. The van der Waals surface area contributed by atoms with Gasteiger partial charge in [0, 0.05) is 19.0 Å². The molecule has 1 rings (SSSR count). The number of nitrogens with two attached hydrogens (primary N) is 1. The summed E-state index contributed by atoms with van der Waals surface area (Å²) in [5.74, 6) is 0.317. The molecule has 19 heavy (non-hydrogen) atoms. The van der Waals surface area contributed by atoms with Crippen molar-refractivity contribution >= 4 is 5.91 Å². The number of primary amides is 1. The predicted octanol–water partition coefficient (Wildman–Crippen LogP) is 0.763. The fourth-order valence-electron chi connectivity index (χ4n) is 1.72. The van der Waals surface area contributed by atoms with E-state index in [1.807, 2.05) is 6.92 Å². The van der Waals surface area contributed by atoms with Crippen LogP contribution in [0.5, 0.6) is 17.2 Å². The SMILES string of the molecule is COc1cc(CNC(C)CC(N)=O)cc(OC)c1O. The number of ether oxygens (including phenoxy) is 2. The molecular weight excluding hydrogens is 248 g/mol. The number of aromatic hydroxyl groups is 1. The van der Waals surface area contributed by atoms with Crippen LogP contribution >= 0.6 is 0 Å². The number of hydrogen-bond acceptors (Lipinski definition) is 5. The summed E-state index contributed by atoms with van der Waals surface area (Å²) in [7, 11) is 2.95. The predicted molar refractivity (Wildman–Crippen MR) is 71.3 cm³/mol. The maximum absolute atomic E-state index is 10.8. The van der Waals surface area contributed by atoms with Gasteiger partial charge in [-0.3, -0.25) is 4.79 Å². The minimum atomic E-state index is -0.346. The van der Waals surface area contributed by atoms with Crippen molar-refractivity contribution in [3.8, 4) is 17.2 Å². The first-order chi connectivity index (χ1) is 8.97. The first-order valence-corrected chi connectivity index (χ1v) is 5.93. The second kappa shape index (κ2) is 6.84. The van der Waals surface area contributed by atoms with Crippen molar-refractivity contribution in [2.24, 2.45) is 5.73 Å². The lowest BCUT2D eigenvalue weighted by Crippen LogP contribution is -2.30. The van der Waals surface area contributed by atoms with E-state index in [9.17, 15) is 9.90 Å². The highest BCUT2D eigenvalue weighted by molar-refractivity contribution is 5.74. The number of carbonyl (C=O) groups excluding carboxylic acids is 1. The molecule has 0 spiro atoms. The number of phenolic OH excluding ortho intramolecular Hbond substituents is 1. The molecule has 1 amide bonds. The third-order valence-corrected chi connectivity index (χ3v) is 2.70. The minimum Gasteiger partial charge on any atom is -0.502 e. The minimum absolute atomic E-state index is 0.0247. The summed E-state index contributed by atoms with van der Waals surface area (Å²) in [5, 5.41) is 12.9. The summed E-state index contributed by atoms with van der Waals surface area (Å²) in [6, 6.07) is 3.40. The second-order valence-corrected chi connectivity index (χ2v) is 4.30. The van der Waals surface area contributed by atoms with Crippen molar-refractivity contribution < 1.29 is 19.4 Å². The largest absolute Gasteiger partial charge is 0.502 e. The Labute approximate surface area is 112 Å². The van der Waals surface area contributed by atoms with E-state index in [0.29, 0.717) is 18.0 Å². The van der Waals surface area contributed by atoms with Crippen molar-refractivity contribution in [2.75, 3.05) is 14.2 Å². The van der Waals surface area contributed by atoms with Crippen LogP contribution in [0.3, 0.4) is 0 Å². The van der Waals surface area contributed by atoms with E-state index >= 15 is 0 Å². The Morgan fingerprint density at radius 1 is 1.37 bits per heavy atom. The molecular formula is C13H20N2O4. The monoisotopic (exact) mass is 268 g/mol. The Balaban J connectivity index is 2.76. The smallest absolute Gasteiger partial charge is 0.218 e. The first-order valence-electron chi connectivity index (χ1n) is 5.93. The van der Waals surface area contributed by atoms with Crippen molar-refractivity contribution in [3.63, 3.8) is 0 Å². The molecule has 0 bridgehead atoms. The fraction of sp³-hybridized carbons (Fsp3) is 0.462. The number of rotatable bonds is 7.